The van der Waals surface area contributed by atoms with Gasteiger partial charge in [0, 0.05) is 19.0 Å². The maximum Gasteiger partial charge on any atom is 0.226 e. The van der Waals surface area contributed by atoms with Gasteiger partial charge in [0.1, 0.15) is 0 Å². The molecule has 0 saturated heterocycles. The lowest BCUT2D eigenvalue weighted by Gasteiger charge is -2.00. The lowest BCUT2D eigenvalue weighted by molar-refractivity contribution is -0.116. The molecule has 0 fully saturated rings. The minimum absolute atomic E-state index is 0.140. The SMILES string of the molecule is C#CCCC(=O)Nc1cccnn1. The monoisotopic (exact) mass is 175 g/mol. The van der Waals surface area contributed by atoms with E-state index in [0.717, 1.165) is 0 Å². The third-order valence-electron chi connectivity index (χ3n) is 1.34. The van der Waals surface area contributed by atoms with Crippen LogP contribution in [0.1, 0.15) is 12.8 Å². The van der Waals surface area contributed by atoms with E-state index in [9.17, 15) is 4.79 Å². The molecular formula is C9H9N3O. The fourth-order valence-corrected chi connectivity index (χ4v) is 0.759. The van der Waals surface area contributed by atoms with E-state index < -0.39 is 0 Å². The van der Waals surface area contributed by atoms with Gasteiger partial charge in [-0.1, -0.05) is 0 Å². The van der Waals surface area contributed by atoms with E-state index in [-0.39, 0.29) is 5.91 Å². The van der Waals surface area contributed by atoms with Gasteiger partial charge in [0.2, 0.25) is 5.91 Å². The zero-order valence-electron chi connectivity index (χ0n) is 7.03. The van der Waals surface area contributed by atoms with Crippen molar-refractivity contribution in [1.29, 1.82) is 0 Å². The second-order valence-corrected chi connectivity index (χ2v) is 2.36. The Morgan fingerprint density at radius 3 is 3.15 bits per heavy atom. The molecule has 0 unspecified atom stereocenters. The molecule has 66 valence electrons. The van der Waals surface area contributed by atoms with E-state index in [1.165, 1.54) is 6.20 Å². The van der Waals surface area contributed by atoms with Crippen molar-refractivity contribution in [3.05, 3.63) is 18.3 Å². The van der Waals surface area contributed by atoms with Gasteiger partial charge in [-0.15, -0.1) is 17.4 Å². The lowest BCUT2D eigenvalue weighted by atomic mass is 10.3. The molecule has 0 aliphatic heterocycles. The third kappa shape index (κ3) is 3.34. The predicted octanol–water partition coefficient (Wildman–Crippen LogP) is 0.828. The molecule has 1 N–H and O–H groups in total. The minimum Gasteiger partial charge on any atom is -0.309 e. The molecule has 4 nitrogen and oxygen atoms in total. The van der Waals surface area contributed by atoms with Gasteiger partial charge in [0.05, 0.1) is 0 Å². The van der Waals surface area contributed by atoms with Crippen molar-refractivity contribution >= 4 is 11.7 Å². The normalized spacial score (nSPS) is 8.85. The molecule has 1 rings (SSSR count). The molecule has 1 amide bonds. The van der Waals surface area contributed by atoms with E-state index in [1.807, 2.05) is 0 Å². The van der Waals surface area contributed by atoms with Crippen molar-refractivity contribution in [2.75, 3.05) is 5.32 Å². The summed E-state index contributed by atoms with van der Waals surface area (Å²) in [5.41, 5.74) is 0. The zero-order chi connectivity index (χ0) is 9.52. The molecule has 0 aromatic carbocycles. The maximum absolute atomic E-state index is 11.1. The van der Waals surface area contributed by atoms with Crippen molar-refractivity contribution in [2.24, 2.45) is 0 Å². The van der Waals surface area contributed by atoms with Gasteiger partial charge in [-0.05, 0) is 12.1 Å². The number of rotatable bonds is 3. The molecule has 0 bridgehead atoms. The number of carbonyl (C=O) groups is 1. The summed E-state index contributed by atoms with van der Waals surface area (Å²) >= 11 is 0. The topological polar surface area (TPSA) is 54.9 Å². The van der Waals surface area contributed by atoms with Crippen LogP contribution < -0.4 is 5.32 Å². The zero-order valence-corrected chi connectivity index (χ0v) is 7.03. The molecule has 0 saturated carbocycles. The van der Waals surface area contributed by atoms with Gasteiger partial charge in [0.25, 0.3) is 0 Å². The van der Waals surface area contributed by atoms with Crippen LogP contribution in [0.15, 0.2) is 18.3 Å². The van der Waals surface area contributed by atoms with Crippen molar-refractivity contribution in [2.45, 2.75) is 12.8 Å². The number of nitrogens with zero attached hydrogens (tertiary/aromatic N) is 2. The Balaban J connectivity index is 2.42. The molecule has 0 radical (unpaired) electrons. The minimum atomic E-state index is -0.140. The van der Waals surface area contributed by atoms with E-state index in [1.54, 1.807) is 12.1 Å². The predicted molar refractivity (Wildman–Crippen MR) is 48.7 cm³/mol. The fourth-order valence-electron chi connectivity index (χ4n) is 0.759. The van der Waals surface area contributed by atoms with Crippen molar-refractivity contribution in [3.8, 4) is 12.3 Å². The van der Waals surface area contributed by atoms with Gasteiger partial charge in [-0.25, -0.2) is 0 Å². The molecule has 0 spiro atoms. The summed E-state index contributed by atoms with van der Waals surface area (Å²) in [5, 5.41) is 9.87. The van der Waals surface area contributed by atoms with Crippen LogP contribution in [0, 0.1) is 12.3 Å². The first-order valence-corrected chi connectivity index (χ1v) is 3.84. The Kier molecular flexibility index (Phi) is 3.45. The van der Waals surface area contributed by atoms with Crippen LogP contribution in [-0.4, -0.2) is 16.1 Å². The van der Waals surface area contributed by atoms with Crippen LogP contribution in [0.25, 0.3) is 0 Å². The Labute approximate surface area is 76.4 Å². The third-order valence-corrected chi connectivity index (χ3v) is 1.34. The summed E-state index contributed by atoms with van der Waals surface area (Å²) in [6.07, 6.45) is 7.30. The van der Waals surface area contributed by atoms with Gasteiger partial charge >= 0.3 is 0 Å². The highest BCUT2D eigenvalue weighted by molar-refractivity contribution is 5.89. The number of terminal acetylenes is 1. The maximum atomic E-state index is 11.1. The summed E-state index contributed by atoms with van der Waals surface area (Å²) in [5.74, 6) is 2.70. The number of hydrogen-bond donors (Lipinski definition) is 1. The largest absolute Gasteiger partial charge is 0.309 e. The smallest absolute Gasteiger partial charge is 0.226 e. The Morgan fingerprint density at radius 1 is 1.69 bits per heavy atom. The standard InChI is InChI=1S/C9H9N3O/c1-2-3-6-9(13)11-8-5-4-7-10-12-8/h1,4-5,7H,3,6H2,(H,11,12,13). The molecule has 0 aliphatic rings. The number of amides is 1. The molecule has 1 heterocycles. The van der Waals surface area contributed by atoms with Crippen LogP contribution in [0.3, 0.4) is 0 Å². The van der Waals surface area contributed by atoms with Gasteiger partial charge < -0.3 is 5.32 Å². The first kappa shape index (κ1) is 9.20. The number of aromatic nitrogens is 2. The summed E-state index contributed by atoms with van der Waals surface area (Å²) in [6.45, 7) is 0. The quantitative estimate of drug-likeness (QED) is 0.692. The van der Waals surface area contributed by atoms with E-state index in [2.05, 4.69) is 21.4 Å². The van der Waals surface area contributed by atoms with Crippen LogP contribution >= 0.6 is 0 Å². The number of hydrogen-bond acceptors (Lipinski definition) is 3. The lowest BCUT2D eigenvalue weighted by Crippen LogP contribution is -2.12. The van der Waals surface area contributed by atoms with Crippen molar-refractivity contribution in [1.82, 2.24) is 10.2 Å². The molecule has 0 aliphatic carbocycles. The molecule has 1 aromatic rings. The van der Waals surface area contributed by atoms with Gasteiger partial charge in [-0.2, -0.15) is 5.10 Å². The molecule has 0 atom stereocenters. The Hall–Kier alpha value is -1.89. The summed E-state index contributed by atoms with van der Waals surface area (Å²) in [6, 6.07) is 3.37. The molecule has 1 aromatic heterocycles. The average Bonchev–Trinajstić information content (AvgIpc) is 2.16. The van der Waals surface area contributed by atoms with Crippen LogP contribution in [0.4, 0.5) is 5.82 Å². The number of carbonyl (C=O) groups excluding carboxylic acids is 1. The second kappa shape index (κ2) is 4.88. The fraction of sp³-hybridized carbons (Fsp3) is 0.222. The number of anilines is 1. The van der Waals surface area contributed by atoms with Crippen molar-refractivity contribution < 1.29 is 4.79 Å². The summed E-state index contributed by atoms with van der Waals surface area (Å²) in [4.78, 5) is 11.1. The first-order valence-electron chi connectivity index (χ1n) is 3.84. The van der Waals surface area contributed by atoms with Crippen LogP contribution in [0.5, 0.6) is 0 Å². The number of nitrogens with one attached hydrogen (secondary N) is 1. The highest BCUT2D eigenvalue weighted by Gasteiger charge is 2.00. The van der Waals surface area contributed by atoms with Gasteiger partial charge in [-0.3, -0.25) is 4.79 Å². The first-order chi connectivity index (χ1) is 6.33. The Morgan fingerprint density at radius 2 is 2.54 bits per heavy atom. The highest BCUT2D eigenvalue weighted by Crippen LogP contribution is 1.99. The van der Waals surface area contributed by atoms with E-state index in [4.69, 9.17) is 6.42 Å². The highest BCUT2D eigenvalue weighted by atomic mass is 16.1. The van der Waals surface area contributed by atoms with Crippen molar-refractivity contribution in [3.63, 3.8) is 0 Å². The molecular weight excluding hydrogens is 166 g/mol. The van der Waals surface area contributed by atoms with Gasteiger partial charge in [0.15, 0.2) is 5.82 Å². The summed E-state index contributed by atoms with van der Waals surface area (Å²) in [7, 11) is 0. The van der Waals surface area contributed by atoms with E-state index >= 15 is 0 Å². The van der Waals surface area contributed by atoms with E-state index in [0.29, 0.717) is 18.7 Å². The molecule has 4 heteroatoms. The average molecular weight is 175 g/mol. The molecule has 13 heavy (non-hydrogen) atoms. The van der Waals surface area contributed by atoms with Crippen LogP contribution in [0.2, 0.25) is 0 Å². The second-order valence-electron chi connectivity index (χ2n) is 2.36. The Bertz CT molecular complexity index is 315. The van der Waals surface area contributed by atoms with Crippen LogP contribution in [-0.2, 0) is 4.79 Å². The summed E-state index contributed by atoms with van der Waals surface area (Å²) < 4.78 is 0.